The first-order valence-electron chi connectivity index (χ1n) is 11.8. The van der Waals surface area contributed by atoms with E-state index in [-0.39, 0.29) is 16.6 Å². The minimum atomic E-state index is -3.63. The molecule has 0 spiro atoms. The second-order valence-corrected chi connectivity index (χ2v) is 11.5. The third kappa shape index (κ3) is 6.63. The number of carbonyl (C=O) groups is 1. The summed E-state index contributed by atoms with van der Waals surface area (Å²) in [5.74, 6) is -0.624. The Morgan fingerprint density at radius 1 is 1.00 bits per heavy atom. The van der Waals surface area contributed by atoms with E-state index in [1.54, 1.807) is 23.1 Å². The van der Waals surface area contributed by atoms with Crippen LogP contribution in [0.15, 0.2) is 47.4 Å². The van der Waals surface area contributed by atoms with Crippen LogP contribution < -0.4 is 4.90 Å². The van der Waals surface area contributed by atoms with E-state index in [0.29, 0.717) is 40.5 Å². The number of hydrogen-bond acceptors (Lipinski definition) is 6. The molecule has 0 unspecified atom stereocenters. The molecule has 7 nitrogen and oxygen atoms in total. The lowest BCUT2D eigenvalue weighted by Gasteiger charge is -2.22. The Bertz CT molecular complexity index is 1240. The van der Waals surface area contributed by atoms with Crippen LogP contribution in [0, 0.1) is 5.82 Å². The van der Waals surface area contributed by atoms with E-state index in [2.05, 4.69) is 4.98 Å². The van der Waals surface area contributed by atoms with Crippen LogP contribution in [-0.2, 0) is 10.0 Å². The monoisotopic (exact) mass is 520 g/mol. The number of carbonyl (C=O) groups excluding carboxylic acids is 1. The Kier molecular flexibility index (Phi) is 9.34. The van der Waals surface area contributed by atoms with Crippen molar-refractivity contribution in [2.24, 2.45) is 0 Å². The number of nitrogens with zero attached hydrogens (tertiary/aromatic N) is 4. The van der Waals surface area contributed by atoms with Gasteiger partial charge in [0.1, 0.15) is 5.82 Å². The van der Waals surface area contributed by atoms with Gasteiger partial charge in [-0.15, -0.1) is 0 Å². The Labute approximate surface area is 211 Å². The normalized spacial score (nSPS) is 12.1. The molecular formula is C25H33FN4O3S2. The molecule has 190 valence electrons. The summed E-state index contributed by atoms with van der Waals surface area (Å²) in [5.41, 5.74) is 1.00. The second-order valence-electron chi connectivity index (χ2n) is 8.60. The Hall–Kier alpha value is -2.40. The lowest BCUT2D eigenvalue weighted by Crippen LogP contribution is -2.34. The van der Waals surface area contributed by atoms with Crippen molar-refractivity contribution in [2.45, 2.75) is 38.0 Å². The van der Waals surface area contributed by atoms with Gasteiger partial charge < -0.3 is 4.90 Å². The predicted octanol–water partition coefficient (Wildman–Crippen LogP) is 4.84. The molecule has 0 saturated carbocycles. The maximum atomic E-state index is 13.7. The molecular weight excluding hydrogens is 487 g/mol. The molecule has 1 amide bonds. The number of amides is 1. The number of thiazole rings is 1. The van der Waals surface area contributed by atoms with Gasteiger partial charge in [-0.25, -0.2) is 17.8 Å². The summed E-state index contributed by atoms with van der Waals surface area (Å²) in [6.45, 7) is 5.91. The summed E-state index contributed by atoms with van der Waals surface area (Å²) in [6.07, 6.45) is 2.41. The number of unbranched alkanes of at least 4 members (excludes halogenated alkanes) is 1. The first kappa shape index (κ1) is 27.2. The molecule has 0 radical (unpaired) electrons. The van der Waals surface area contributed by atoms with Crippen molar-refractivity contribution in [2.75, 3.05) is 45.2 Å². The fourth-order valence-electron chi connectivity index (χ4n) is 3.69. The molecule has 0 aliphatic rings. The van der Waals surface area contributed by atoms with Crippen LogP contribution in [0.2, 0.25) is 0 Å². The number of aromatic nitrogens is 1. The molecule has 3 rings (SSSR count). The summed E-state index contributed by atoms with van der Waals surface area (Å²) in [7, 11) is 0.302. The molecule has 0 bridgehead atoms. The number of halogens is 1. The number of hydrogen-bond donors (Lipinski definition) is 0. The molecule has 0 aliphatic heterocycles. The maximum absolute atomic E-state index is 13.7. The highest BCUT2D eigenvalue weighted by Gasteiger charge is 2.25. The summed E-state index contributed by atoms with van der Waals surface area (Å²) in [5, 5.41) is 0.489. The first-order valence-corrected chi connectivity index (χ1v) is 14.1. The zero-order chi connectivity index (χ0) is 25.6. The number of sulfonamides is 1. The van der Waals surface area contributed by atoms with Crippen molar-refractivity contribution in [3.8, 4) is 0 Å². The van der Waals surface area contributed by atoms with Crippen molar-refractivity contribution >= 4 is 42.6 Å². The highest BCUT2D eigenvalue weighted by Crippen LogP contribution is 2.30. The molecule has 2 aromatic carbocycles. The van der Waals surface area contributed by atoms with Gasteiger partial charge >= 0.3 is 0 Å². The standard InChI is InChI=1S/C25H33FN4O3S2/c1-5-7-16-29(6-2)35(32,33)21-12-9-19(10-13-21)24(31)30(17-8-15-28(3)4)25-27-22-14-11-20(26)18-23(22)34-25/h9-14,18H,5-8,15-17H2,1-4H3. The van der Waals surface area contributed by atoms with E-state index < -0.39 is 10.0 Å². The van der Waals surface area contributed by atoms with Crippen molar-refractivity contribution in [1.29, 1.82) is 0 Å². The SMILES string of the molecule is CCCCN(CC)S(=O)(=O)c1ccc(C(=O)N(CCCN(C)C)c2nc3ccc(F)cc3s2)cc1. The Balaban J connectivity index is 1.89. The van der Waals surface area contributed by atoms with Gasteiger partial charge in [-0.05, 0) is 75.9 Å². The van der Waals surface area contributed by atoms with Crippen LogP contribution in [0.25, 0.3) is 10.2 Å². The highest BCUT2D eigenvalue weighted by atomic mass is 32.2. The third-order valence-corrected chi connectivity index (χ3v) is 8.68. The van der Waals surface area contributed by atoms with Gasteiger partial charge in [0.15, 0.2) is 5.13 Å². The summed E-state index contributed by atoms with van der Waals surface area (Å²) >= 11 is 1.26. The van der Waals surface area contributed by atoms with E-state index >= 15 is 0 Å². The minimum Gasteiger partial charge on any atom is -0.309 e. The first-order chi connectivity index (χ1) is 16.7. The van der Waals surface area contributed by atoms with Gasteiger partial charge in [-0.1, -0.05) is 31.6 Å². The summed E-state index contributed by atoms with van der Waals surface area (Å²) < 4.78 is 41.9. The van der Waals surface area contributed by atoms with E-state index in [1.165, 1.54) is 39.9 Å². The van der Waals surface area contributed by atoms with Crippen LogP contribution in [0.5, 0.6) is 0 Å². The van der Waals surface area contributed by atoms with Crippen LogP contribution >= 0.6 is 11.3 Å². The molecule has 10 heteroatoms. The molecule has 0 atom stereocenters. The van der Waals surface area contributed by atoms with E-state index in [0.717, 1.165) is 25.8 Å². The van der Waals surface area contributed by atoms with Crippen LogP contribution in [0.4, 0.5) is 9.52 Å². The lowest BCUT2D eigenvalue weighted by atomic mass is 10.2. The summed E-state index contributed by atoms with van der Waals surface area (Å²) in [6, 6.07) is 10.4. The van der Waals surface area contributed by atoms with Crippen molar-refractivity contribution < 1.29 is 17.6 Å². The third-order valence-electron chi connectivity index (χ3n) is 5.66. The highest BCUT2D eigenvalue weighted by molar-refractivity contribution is 7.89. The largest absolute Gasteiger partial charge is 0.309 e. The average molecular weight is 521 g/mol. The van der Waals surface area contributed by atoms with Gasteiger partial charge in [0.2, 0.25) is 10.0 Å². The van der Waals surface area contributed by atoms with Gasteiger partial charge in [0.25, 0.3) is 5.91 Å². The zero-order valence-corrected chi connectivity index (χ0v) is 22.3. The molecule has 35 heavy (non-hydrogen) atoms. The average Bonchev–Trinajstić information content (AvgIpc) is 3.24. The molecule has 1 heterocycles. The Morgan fingerprint density at radius 2 is 1.71 bits per heavy atom. The van der Waals surface area contributed by atoms with Crippen LogP contribution in [-0.4, -0.2) is 68.8 Å². The number of rotatable bonds is 12. The fraction of sp³-hybridized carbons (Fsp3) is 0.440. The summed E-state index contributed by atoms with van der Waals surface area (Å²) in [4.78, 5) is 21.9. The van der Waals surface area contributed by atoms with Gasteiger partial charge in [0.05, 0.1) is 15.1 Å². The molecule has 0 fully saturated rings. The van der Waals surface area contributed by atoms with Crippen molar-refractivity contribution in [1.82, 2.24) is 14.2 Å². The number of anilines is 1. The predicted molar refractivity (Wildman–Crippen MR) is 140 cm³/mol. The molecule has 3 aromatic rings. The Morgan fingerprint density at radius 3 is 2.34 bits per heavy atom. The van der Waals surface area contributed by atoms with Gasteiger partial charge in [-0.2, -0.15) is 4.31 Å². The van der Waals surface area contributed by atoms with Gasteiger partial charge in [0, 0.05) is 25.2 Å². The maximum Gasteiger partial charge on any atom is 0.260 e. The molecule has 1 aromatic heterocycles. The molecule has 0 aliphatic carbocycles. The van der Waals surface area contributed by atoms with Gasteiger partial charge in [-0.3, -0.25) is 9.69 Å². The zero-order valence-electron chi connectivity index (χ0n) is 20.7. The lowest BCUT2D eigenvalue weighted by molar-refractivity contribution is 0.0986. The van der Waals surface area contributed by atoms with Crippen molar-refractivity contribution in [3.05, 3.63) is 53.8 Å². The fourth-order valence-corrected chi connectivity index (χ4v) is 6.19. The van der Waals surface area contributed by atoms with Crippen LogP contribution in [0.1, 0.15) is 43.5 Å². The molecule has 0 saturated heterocycles. The number of benzene rings is 2. The number of fused-ring (bicyclic) bond motifs is 1. The minimum absolute atomic E-state index is 0.168. The quantitative estimate of drug-likeness (QED) is 0.342. The topological polar surface area (TPSA) is 73.8 Å². The molecule has 0 N–H and O–H groups in total. The second kappa shape index (κ2) is 12.0. The van der Waals surface area contributed by atoms with E-state index in [1.807, 2.05) is 32.8 Å². The smallest absolute Gasteiger partial charge is 0.260 e. The van der Waals surface area contributed by atoms with Crippen molar-refractivity contribution in [3.63, 3.8) is 0 Å². The van der Waals surface area contributed by atoms with Crippen LogP contribution in [0.3, 0.4) is 0 Å². The van der Waals surface area contributed by atoms with E-state index in [9.17, 15) is 17.6 Å². The van der Waals surface area contributed by atoms with E-state index in [4.69, 9.17) is 0 Å².